The number of carbonyl (C=O) groups excluding carboxylic acids is 2. The topological polar surface area (TPSA) is 102 Å². The Balaban J connectivity index is 4.17. The normalized spacial score (nSPS) is 13.1. The van der Waals surface area contributed by atoms with Crippen LogP contribution in [0.15, 0.2) is 0 Å². The minimum absolute atomic E-state index is 0.0331. The third-order valence-electron chi connectivity index (χ3n) is 2.46. The lowest BCUT2D eigenvalue weighted by molar-refractivity contribution is -0.140. The van der Waals surface area contributed by atoms with Crippen LogP contribution in [0.4, 0.5) is 0 Å². The van der Waals surface area contributed by atoms with Gasteiger partial charge in [0.25, 0.3) is 0 Å². The van der Waals surface area contributed by atoms with Gasteiger partial charge in [0.2, 0.25) is 15.9 Å². The molecule has 0 spiro atoms. The highest BCUT2D eigenvalue weighted by Gasteiger charge is 2.20. The van der Waals surface area contributed by atoms with Crippen LogP contribution >= 0.6 is 0 Å². The first-order chi connectivity index (χ1) is 9.18. The molecule has 0 saturated carbocycles. The first-order valence-corrected chi connectivity index (χ1v) is 8.17. The first kappa shape index (κ1) is 18.9. The van der Waals surface area contributed by atoms with Crippen LogP contribution in [0.25, 0.3) is 0 Å². The number of rotatable bonds is 9. The summed E-state index contributed by atoms with van der Waals surface area (Å²) >= 11 is 0. The van der Waals surface area contributed by atoms with Crippen LogP contribution in [0.3, 0.4) is 0 Å². The summed E-state index contributed by atoms with van der Waals surface area (Å²) in [7, 11) is -2.34. The third kappa shape index (κ3) is 8.87. The molecule has 118 valence electrons. The zero-order valence-corrected chi connectivity index (χ0v) is 13.2. The summed E-state index contributed by atoms with van der Waals surface area (Å²) in [5.41, 5.74) is 0. The van der Waals surface area contributed by atoms with E-state index in [-0.39, 0.29) is 24.5 Å². The van der Waals surface area contributed by atoms with Gasteiger partial charge in [0, 0.05) is 13.0 Å². The summed E-state index contributed by atoms with van der Waals surface area (Å²) < 4.78 is 30.1. The molecular weight excluding hydrogens is 284 g/mol. The number of hydrogen-bond donors (Lipinski definition) is 2. The average Bonchev–Trinajstić information content (AvgIpc) is 2.34. The van der Waals surface area contributed by atoms with E-state index >= 15 is 0 Å². The Morgan fingerprint density at radius 3 is 2.30 bits per heavy atom. The number of nitrogens with one attached hydrogen (secondary N) is 2. The van der Waals surface area contributed by atoms with Crippen molar-refractivity contribution in [3.63, 3.8) is 0 Å². The zero-order valence-electron chi connectivity index (χ0n) is 12.4. The molecular formula is C12H24N2O5S. The van der Waals surface area contributed by atoms with Crippen molar-refractivity contribution in [3.8, 4) is 0 Å². The highest BCUT2D eigenvalue weighted by molar-refractivity contribution is 7.89. The predicted octanol–water partition coefficient (Wildman–Crippen LogP) is 0.0197. The molecule has 1 atom stereocenters. The Kier molecular flexibility index (Phi) is 8.40. The van der Waals surface area contributed by atoms with Crippen molar-refractivity contribution in [2.75, 3.05) is 19.4 Å². The SMILES string of the molecule is COC(=O)CCCS(=O)(=O)NC(C)C(=O)NCC(C)C. The summed E-state index contributed by atoms with van der Waals surface area (Å²) in [6, 6.07) is -0.836. The monoisotopic (exact) mass is 308 g/mol. The van der Waals surface area contributed by atoms with E-state index in [1.807, 2.05) is 13.8 Å². The molecule has 0 aliphatic carbocycles. The van der Waals surface area contributed by atoms with E-state index in [1.165, 1.54) is 14.0 Å². The van der Waals surface area contributed by atoms with E-state index < -0.39 is 22.0 Å². The lowest BCUT2D eigenvalue weighted by atomic mass is 10.2. The summed E-state index contributed by atoms with van der Waals surface area (Å²) in [6.45, 7) is 5.87. The highest BCUT2D eigenvalue weighted by Crippen LogP contribution is 1.98. The average molecular weight is 308 g/mol. The number of amides is 1. The summed E-state index contributed by atoms with van der Waals surface area (Å²) in [5, 5.41) is 2.65. The van der Waals surface area contributed by atoms with Gasteiger partial charge in [0.05, 0.1) is 18.9 Å². The van der Waals surface area contributed by atoms with Crippen molar-refractivity contribution in [1.29, 1.82) is 0 Å². The lowest BCUT2D eigenvalue weighted by Gasteiger charge is -2.15. The van der Waals surface area contributed by atoms with Gasteiger partial charge >= 0.3 is 5.97 Å². The van der Waals surface area contributed by atoms with Crippen LogP contribution in [0.1, 0.15) is 33.6 Å². The van der Waals surface area contributed by atoms with Crippen molar-refractivity contribution in [2.45, 2.75) is 39.7 Å². The molecule has 0 aromatic carbocycles. The summed E-state index contributed by atoms with van der Waals surface area (Å²) in [5.74, 6) is -0.745. The molecule has 0 radical (unpaired) electrons. The molecule has 0 heterocycles. The first-order valence-electron chi connectivity index (χ1n) is 6.52. The van der Waals surface area contributed by atoms with Crippen LogP contribution in [0.5, 0.6) is 0 Å². The van der Waals surface area contributed by atoms with Crippen molar-refractivity contribution in [1.82, 2.24) is 10.0 Å². The van der Waals surface area contributed by atoms with E-state index in [1.54, 1.807) is 0 Å². The van der Waals surface area contributed by atoms with E-state index in [9.17, 15) is 18.0 Å². The Hall–Kier alpha value is -1.15. The smallest absolute Gasteiger partial charge is 0.305 e. The van der Waals surface area contributed by atoms with Gasteiger partial charge in [0.15, 0.2) is 0 Å². The second-order valence-corrected chi connectivity index (χ2v) is 6.85. The van der Waals surface area contributed by atoms with Crippen molar-refractivity contribution >= 4 is 21.9 Å². The van der Waals surface area contributed by atoms with E-state index in [0.717, 1.165) is 0 Å². The molecule has 8 heteroatoms. The molecule has 1 unspecified atom stereocenters. The molecule has 7 nitrogen and oxygen atoms in total. The Morgan fingerprint density at radius 1 is 1.20 bits per heavy atom. The van der Waals surface area contributed by atoms with Crippen LogP contribution in [-0.4, -0.2) is 45.7 Å². The summed E-state index contributed by atoms with van der Waals surface area (Å²) in [4.78, 5) is 22.5. The fourth-order valence-corrected chi connectivity index (χ4v) is 2.64. The maximum absolute atomic E-state index is 11.7. The number of methoxy groups -OCH3 is 1. The van der Waals surface area contributed by atoms with Gasteiger partial charge in [-0.15, -0.1) is 0 Å². The second-order valence-electron chi connectivity index (χ2n) is 4.98. The molecule has 0 aromatic rings. The Labute approximate surface area is 120 Å². The highest BCUT2D eigenvalue weighted by atomic mass is 32.2. The Bertz CT molecular complexity index is 420. The molecule has 0 aliphatic heterocycles. The van der Waals surface area contributed by atoms with Gasteiger partial charge in [-0.2, -0.15) is 0 Å². The molecule has 0 aliphatic rings. The van der Waals surface area contributed by atoms with Gasteiger partial charge in [0.1, 0.15) is 0 Å². The maximum Gasteiger partial charge on any atom is 0.305 e. The molecule has 2 N–H and O–H groups in total. The molecule has 0 rings (SSSR count). The minimum Gasteiger partial charge on any atom is -0.469 e. The number of hydrogen-bond acceptors (Lipinski definition) is 5. The molecule has 20 heavy (non-hydrogen) atoms. The maximum atomic E-state index is 11.7. The molecule has 0 fully saturated rings. The fourth-order valence-electron chi connectivity index (χ4n) is 1.35. The van der Waals surface area contributed by atoms with Crippen LogP contribution in [-0.2, 0) is 24.3 Å². The fraction of sp³-hybridized carbons (Fsp3) is 0.833. The van der Waals surface area contributed by atoms with E-state index in [2.05, 4.69) is 14.8 Å². The minimum atomic E-state index is -3.59. The molecule has 1 amide bonds. The van der Waals surface area contributed by atoms with Crippen LogP contribution in [0.2, 0.25) is 0 Å². The van der Waals surface area contributed by atoms with Crippen LogP contribution < -0.4 is 10.0 Å². The van der Waals surface area contributed by atoms with E-state index in [0.29, 0.717) is 12.5 Å². The second kappa shape index (κ2) is 8.91. The summed E-state index contributed by atoms with van der Waals surface area (Å²) in [6.07, 6.45) is 0.188. The van der Waals surface area contributed by atoms with Crippen LogP contribution in [0, 0.1) is 5.92 Å². The third-order valence-corrected chi connectivity index (χ3v) is 3.99. The Morgan fingerprint density at radius 2 is 1.80 bits per heavy atom. The standard InChI is InChI=1S/C12H24N2O5S/c1-9(2)8-13-12(16)10(3)14-20(17,18)7-5-6-11(15)19-4/h9-10,14H,5-8H2,1-4H3,(H,13,16). The van der Waals surface area contributed by atoms with Gasteiger partial charge in [-0.05, 0) is 19.3 Å². The van der Waals surface area contributed by atoms with Gasteiger partial charge < -0.3 is 10.1 Å². The number of carbonyl (C=O) groups is 2. The van der Waals surface area contributed by atoms with Gasteiger partial charge in [-0.3, -0.25) is 9.59 Å². The zero-order chi connectivity index (χ0) is 15.8. The van der Waals surface area contributed by atoms with E-state index in [4.69, 9.17) is 0 Å². The van der Waals surface area contributed by atoms with Crippen molar-refractivity contribution < 1.29 is 22.7 Å². The molecule has 0 bridgehead atoms. The van der Waals surface area contributed by atoms with Gasteiger partial charge in [-0.25, -0.2) is 13.1 Å². The van der Waals surface area contributed by atoms with Gasteiger partial charge in [-0.1, -0.05) is 13.8 Å². The lowest BCUT2D eigenvalue weighted by Crippen LogP contribution is -2.46. The number of sulfonamides is 1. The van der Waals surface area contributed by atoms with Crippen molar-refractivity contribution in [3.05, 3.63) is 0 Å². The number of ether oxygens (including phenoxy) is 1. The largest absolute Gasteiger partial charge is 0.469 e. The number of esters is 1. The quantitative estimate of drug-likeness (QED) is 0.585. The molecule has 0 aromatic heterocycles. The van der Waals surface area contributed by atoms with Crippen molar-refractivity contribution in [2.24, 2.45) is 5.92 Å². The molecule has 0 saturated heterocycles. The predicted molar refractivity (Wildman–Crippen MR) is 75.5 cm³/mol.